The highest BCUT2D eigenvalue weighted by atomic mass is 16.5. The summed E-state index contributed by atoms with van der Waals surface area (Å²) in [6.07, 6.45) is 1.55. The van der Waals surface area contributed by atoms with E-state index in [-0.39, 0.29) is 6.04 Å². The molecule has 0 radical (unpaired) electrons. The molecule has 1 saturated heterocycles. The van der Waals surface area contributed by atoms with E-state index in [1.54, 1.807) is 13.4 Å². The normalized spacial score (nSPS) is 17.3. The average molecular weight is 295 g/mol. The molecular formula is C14H25N5O2. The first-order valence-electron chi connectivity index (χ1n) is 7.44. The molecule has 0 aliphatic carbocycles. The van der Waals surface area contributed by atoms with Gasteiger partial charge in [0, 0.05) is 32.2 Å². The number of ether oxygens (including phenoxy) is 2. The summed E-state index contributed by atoms with van der Waals surface area (Å²) in [4.78, 5) is 10.9. The Labute approximate surface area is 126 Å². The molecule has 1 aliphatic rings. The molecule has 0 amide bonds. The molecule has 2 N–H and O–H groups in total. The van der Waals surface area contributed by atoms with Gasteiger partial charge in [-0.1, -0.05) is 0 Å². The maximum absolute atomic E-state index is 5.44. The van der Waals surface area contributed by atoms with Crippen LogP contribution < -0.4 is 15.4 Å². The van der Waals surface area contributed by atoms with E-state index in [0.29, 0.717) is 5.75 Å². The van der Waals surface area contributed by atoms with Gasteiger partial charge in [0.2, 0.25) is 5.75 Å². The van der Waals surface area contributed by atoms with Crippen LogP contribution in [0.5, 0.6) is 5.75 Å². The van der Waals surface area contributed by atoms with Crippen molar-refractivity contribution in [2.45, 2.75) is 19.9 Å². The first-order chi connectivity index (χ1) is 10.2. The highest BCUT2D eigenvalue weighted by molar-refractivity contribution is 5.63. The van der Waals surface area contributed by atoms with Gasteiger partial charge in [-0.15, -0.1) is 0 Å². The SMILES string of the molecule is CCNc1ncnc(NC(C)CN2CCOCC2)c1OC. The second-order valence-electron chi connectivity index (χ2n) is 5.09. The Kier molecular flexibility index (Phi) is 6.01. The number of nitrogens with one attached hydrogen (secondary N) is 2. The molecule has 7 heteroatoms. The van der Waals surface area contributed by atoms with Crippen LogP contribution in [0.15, 0.2) is 6.33 Å². The average Bonchev–Trinajstić information content (AvgIpc) is 2.49. The first-order valence-corrected chi connectivity index (χ1v) is 7.44. The van der Waals surface area contributed by atoms with Crippen molar-refractivity contribution in [1.82, 2.24) is 14.9 Å². The van der Waals surface area contributed by atoms with Crippen LogP contribution in [0.2, 0.25) is 0 Å². The standard InChI is InChI=1S/C14H25N5O2/c1-4-15-13-12(20-3)14(17-10-16-13)18-11(2)9-19-5-7-21-8-6-19/h10-11H,4-9H2,1-3H3,(H2,15,16,17,18). The van der Waals surface area contributed by atoms with E-state index < -0.39 is 0 Å². The van der Waals surface area contributed by atoms with Crippen molar-refractivity contribution >= 4 is 11.6 Å². The van der Waals surface area contributed by atoms with Crippen LogP contribution in [0.4, 0.5) is 11.6 Å². The molecule has 1 aromatic heterocycles. The van der Waals surface area contributed by atoms with Crippen molar-refractivity contribution in [2.75, 3.05) is 57.1 Å². The maximum Gasteiger partial charge on any atom is 0.204 e. The van der Waals surface area contributed by atoms with Crippen LogP contribution in [-0.4, -0.2) is 67.4 Å². The van der Waals surface area contributed by atoms with Gasteiger partial charge in [-0.05, 0) is 13.8 Å². The Balaban J connectivity index is 1.98. The summed E-state index contributed by atoms with van der Waals surface area (Å²) in [6, 6.07) is 0.265. The molecule has 0 saturated carbocycles. The van der Waals surface area contributed by atoms with Crippen molar-refractivity contribution in [3.8, 4) is 5.75 Å². The molecule has 1 aliphatic heterocycles. The third-order valence-corrected chi connectivity index (χ3v) is 3.37. The van der Waals surface area contributed by atoms with Crippen LogP contribution in [-0.2, 0) is 4.74 Å². The van der Waals surface area contributed by atoms with Crippen LogP contribution in [0.25, 0.3) is 0 Å². The molecule has 7 nitrogen and oxygen atoms in total. The summed E-state index contributed by atoms with van der Waals surface area (Å²) in [6.45, 7) is 9.50. The van der Waals surface area contributed by atoms with Crippen LogP contribution in [0.1, 0.15) is 13.8 Å². The lowest BCUT2D eigenvalue weighted by molar-refractivity contribution is 0.0368. The number of anilines is 2. The summed E-state index contributed by atoms with van der Waals surface area (Å²) in [5, 5.41) is 6.59. The van der Waals surface area contributed by atoms with E-state index >= 15 is 0 Å². The van der Waals surface area contributed by atoms with E-state index in [4.69, 9.17) is 9.47 Å². The predicted molar refractivity (Wildman–Crippen MR) is 83.1 cm³/mol. The van der Waals surface area contributed by atoms with E-state index in [2.05, 4.69) is 32.4 Å². The van der Waals surface area contributed by atoms with Gasteiger partial charge >= 0.3 is 0 Å². The minimum absolute atomic E-state index is 0.265. The van der Waals surface area contributed by atoms with Gasteiger partial charge in [0.1, 0.15) is 6.33 Å². The fourth-order valence-electron chi connectivity index (χ4n) is 2.41. The Hall–Kier alpha value is -1.60. The molecule has 2 rings (SSSR count). The van der Waals surface area contributed by atoms with Crippen LogP contribution in [0, 0.1) is 0 Å². The molecule has 1 atom stereocenters. The minimum Gasteiger partial charge on any atom is -0.490 e. The molecular weight excluding hydrogens is 270 g/mol. The Bertz CT molecular complexity index is 437. The second-order valence-corrected chi connectivity index (χ2v) is 5.09. The second kappa shape index (κ2) is 7.99. The molecule has 1 aromatic rings. The van der Waals surface area contributed by atoms with Gasteiger partial charge in [-0.2, -0.15) is 0 Å². The Morgan fingerprint density at radius 3 is 2.71 bits per heavy atom. The third-order valence-electron chi connectivity index (χ3n) is 3.37. The number of hydrogen-bond donors (Lipinski definition) is 2. The topological polar surface area (TPSA) is 71.5 Å². The number of hydrogen-bond acceptors (Lipinski definition) is 7. The van der Waals surface area contributed by atoms with Gasteiger partial charge in [-0.3, -0.25) is 4.90 Å². The van der Waals surface area contributed by atoms with Crippen molar-refractivity contribution in [3.63, 3.8) is 0 Å². The first kappa shape index (κ1) is 15.8. The van der Waals surface area contributed by atoms with E-state index in [1.807, 2.05) is 6.92 Å². The summed E-state index contributed by atoms with van der Waals surface area (Å²) < 4.78 is 10.8. The smallest absolute Gasteiger partial charge is 0.204 e. The Morgan fingerprint density at radius 1 is 1.33 bits per heavy atom. The quantitative estimate of drug-likeness (QED) is 0.779. The van der Waals surface area contributed by atoms with Crippen LogP contribution in [0.3, 0.4) is 0 Å². The van der Waals surface area contributed by atoms with Gasteiger partial charge in [0.25, 0.3) is 0 Å². The number of nitrogens with zero attached hydrogens (tertiary/aromatic N) is 3. The van der Waals surface area contributed by atoms with Crippen molar-refractivity contribution in [1.29, 1.82) is 0 Å². The largest absolute Gasteiger partial charge is 0.490 e. The van der Waals surface area contributed by atoms with Gasteiger partial charge < -0.3 is 20.1 Å². The molecule has 21 heavy (non-hydrogen) atoms. The number of morpholine rings is 1. The fraction of sp³-hybridized carbons (Fsp3) is 0.714. The summed E-state index contributed by atoms with van der Waals surface area (Å²) in [5.74, 6) is 2.11. The summed E-state index contributed by atoms with van der Waals surface area (Å²) >= 11 is 0. The number of rotatable bonds is 7. The maximum atomic E-state index is 5.44. The lowest BCUT2D eigenvalue weighted by Gasteiger charge is -2.29. The monoisotopic (exact) mass is 295 g/mol. The number of aromatic nitrogens is 2. The molecule has 0 aromatic carbocycles. The van der Waals surface area contributed by atoms with Crippen molar-refractivity contribution in [3.05, 3.63) is 6.33 Å². The van der Waals surface area contributed by atoms with Crippen molar-refractivity contribution < 1.29 is 9.47 Å². The zero-order valence-corrected chi connectivity index (χ0v) is 13.1. The Morgan fingerprint density at radius 2 is 2.05 bits per heavy atom. The molecule has 0 bridgehead atoms. The third kappa shape index (κ3) is 4.44. The molecule has 118 valence electrons. The highest BCUT2D eigenvalue weighted by Gasteiger charge is 2.17. The molecule has 1 fully saturated rings. The zero-order chi connectivity index (χ0) is 15.1. The minimum atomic E-state index is 0.265. The fourth-order valence-corrected chi connectivity index (χ4v) is 2.41. The molecule has 1 unspecified atom stereocenters. The van der Waals surface area contributed by atoms with Gasteiger partial charge in [-0.25, -0.2) is 9.97 Å². The van der Waals surface area contributed by atoms with E-state index in [1.165, 1.54) is 0 Å². The van der Waals surface area contributed by atoms with Crippen molar-refractivity contribution in [2.24, 2.45) is 0 Å². The predicted octanol–water partition coefficient (Wildman–Crippen LogP) is 1.05. The van der Waals surface area contributed by atoms with Crippen LogP contribution >= 0.6 is 0 Å². The van der Waals surface area contributed by atoms with Gasteiger partial charge in [0.15, 0.2) is 11.6 Å². The number of methoxy groups -OCH3 is 1. The summed E-state index contributed by atoms with van der Waals surface area (Å²) in [7, 11) is 1.64. The van der Waals surface area contributed by atoms with E-state index in [0.717, 1.165) is 51.0 Å². The van der Waals surface area contributed by atoms with Gasteiger partial charge in [0.05, 0.1) is 20.3 Å². The summed E-state index contributed by atoms with van der Waals surface area (Å²) in [5.41, 5.74) is 0. The molecule has 0 spiro atoms. The lowest BCUT2D eigenvalue weighted by atomic mass is 10.2. The molecule has 2 heterocycles. The van der Waals surface area contributed by atoms with E-state index in [9.17, 15) is 0 Å². The highest BCUT2D eigenvalue weighted by Crippen LogP contribution is 2.29. The zero-order valence-electron chi connectivity index (χ0n) is 13.1. The lowest BCUT2D eigenvalue weighted by Crippen LogP contribution is -2.42.